The molecule has 2 aromatic carbocycles. The van der Waals surface area contributed by atoms with Crippen molar-refractivity contribution in [1.82, 2.24) is 9.97 Å². The van der Waals surface area contributed by atoms with Crippen molar-refractivity contribution in [2.24, 2.45) is 5.41 Å². The summed E-state index contributed by atoms with van der Waals surface area (Å²) in [7, 11) is 0. The van der Waals surface area contributed by atoms with Gasteiger partial charge in [0.15, 0.2) is 0 Å². The van der Waals surface area contributed by atoms with Gasteiger partial charge in [0, 0.05) is 11.3 Å². The van der Waals surface area contributed by atoms with Gasteiger partial charge in [-0.1, -0.05) is 37.1 Å². The largest absolute Gasteiger partial charge is 0.338 e. The number of aromatic nitrogens is 2. The maximum atomic E-state index is 12.6. The Morgan fingerprint density at radius 1 is 1.16 bits per heavy atom. The van der Waals surface area contributed by atoms with Gasteiger partial charge in [-0.2, -0.15) is 5.26 Å². The van der Waals surface area contributed by atoms with Crippen LogP contribution in [0.4, 0.5) is 5.69 Å². The van der Waals surface area contributed by atoms with E-state index in [1.165, 1.54) is 0 Å². The minimum absolute atomic E-state index is 0.200. The minimum Gasteiger partial charge on any atom is -0.338 e. The summed E-state index contributed by atoms with van der Waals surface area (Å²) in [5.74, 6) is 0.558. The molecule has 0 bridgehead atoms. The number of benzene rings is 2. The molecule has 1 aromatic heterocycles. The van der Waals surface area contributed by atoms with E-state index in [-0.39, 0.29) is 5.91 Å². The Bertz CT molecular complexity index is 944. The summed E-state index contributed by atoms with van der Waals surface area (Å²) >= 11 is 0. The van der Waals surface area contributed by atoms with Crippen LogP contribution in [0.5, 0.6) is 0 Å². The molecular formula is C20H18N4O. The van der Waals surface area contributed by atoms with Crippen molar-refractivity contribution >= 4 is 22.6 Å². The van der Waals surface area contributed by atoms with Crippen LogP contribution in [0, 0.1) is 16.7 Å². The van der Waals surface area contributed by atoms with Crippen molar-refractivity contribution < 1.29 is 4.79 Å². The van der Waals surface area contributed by atoms with Crippen LogP contribution in [0.1, 0.15) is 25.7 Å². The number of nitriles is 1. The number of carbonyl (C=O) groups is 1. The number of nitrogens with one attached hydrogen (secondary N) is 2. The third-order valence-electron chi connectivity index (χ3n) is 4.89. The Morgan fingerprint density at radius 2 is 1.96 bits per heavy atom. The van der Waals surface area contributed by atoms with Gasteiger partial charge in [-0.15, -0.1) is 0 Å². The Balaban J connectivity index is 1.61. The molecule has 0 unspecified atom stereocenters. The van der Waals surface area contributed by atoms with E-state index in [1.807, 2.05) is 48.5 Å². The molecule has 124 valence electrons. The number of amides is 1. The number of para-hydroxylation sites is 2. The molecule has 1 amide bonds. The lowest BCUT2D eigenvalue weighted by Crippen LogP contribution is -2.32. The number of hydrogen-bond donors (Lipinski definition) is 2. The highest BCUT2D eigenvalue weighted by Crippen LogP contribution is 2.38. The number of rotatable bonds is 3. The molecule has 25 heavy (non-hydrogen) atoms. The number of H-pyrrole nitrogens is 1. The lowest BCUT2D eigenvalue weighted by Gasteiger charge is -2.19. The molecule has 2 N–H and O–H groups in total. The molecule has 0 aliphatic heterocycles. The molecule has 1 aliphatic carbocycles. The van der Waals surface area contributed by atoms with Crippen LogP contribution < -0.4 is 5.32 Å². The maximum absolute atomic E-state index is 12.6. The SMILES string of the molecule is N#CC1(C(=O)Nc2cccc(-c3nc4ccccc4[nH]3)c2)CCCC1. The van der Waals surface area contributed by atoms with Crippen LogP contribution in [0.3, 0.4) is 0 Å². The molecule has 1 saturated carbocycles. The minimum atomic E-state index is -0.880. The second-order valence-corrected chi connectivity index (χ2v) is 6.54. The molecule has 5 nitrogen and oxygen atoms in total. The van der Waals surface area contributed by atoms with Gasteiger partial charge in [-0.05, 0) is 37.1 Å². The molecule has 3 aromatic rings. The van der Waals surface area contributed by atoms with Gasteiger partial charge in [0.05, 0.1) is 17.1 Å². The molecule has 0 atom stereocenters. The molecule has 0 saturated heterocycles. The average molecular weight is 330 g/mol. The lowest BCUT2D eigenvalue weighted by molar-refractivity contribution is -0.122. The number of imidazole rings is 1. The van der Waals surface area contributed by atoms with Crippen LogP contribution in [-0.2, 0) is 4.79 Å². The van der Waals surface area contributed by atoms with Crippen LogP contribution >= 0.6 is 0 Å². The van der Waals surface area contributed by atoms with Crippen molar-refractivity contribution in [3.05, 3.63) is 48.5 Å². The quantitative estimate of drug-likeness (QED) is 0.753. The topological polar surface area (TPSA) is 81.6 Å². The molecule has 0 radical (unpaired) electrons. The Kier molecular flexibility index (Phi) is 3.73. The van der Waals surface area contributed by atoms with E-state index in [0.717, 1.165) is 35.3 Å². The summed E-state index contributed by atoms with van der Waals surface area (Å²) in [5, 5.41) is 12.4. The van der Waals surface area contributed by atoms with Crippen LogP contribution in [0.2, 0.25) is 0 Å². The zero-order chi connectivity index (χ0) is 17.3. The van der Waals surface area contributed by atoms with Crippen molar-refractivity contribution in [2.45, 2.75) is 25.7 Å². The van der Waals surface area contributed by atoms with Gasteiger partial charge in [-0.25, -0.2) is 4.98 Å². The monoisotopic (exact) mass is 330 g/mol. The summed E-state index contributed by atoms with van der Waals surface area (Å²) in [5.41, 5.74) is 2.58. The summed E-state index contributed by atoms with van der Waals surface area (Å²) in [6, 6.07) is 17.6. The number of nitrogens with zero attached hydrogens (tertiary/aromatic N) is 2. The summed E-state index contributed by atoms with van der Waals surface area (Å²) in [4.78, 5) is 20.5. The first kappa shape index (κ1) is 15.4. The van der Waals surface area contributed by atoms with E-state index in [0.29, 0.717) is 18.5 Å². The molecule has 1 heterocycles. The first-order chi connectivity index (χ1) is 12.2. The lowest BCUT2D eigenvalue weighted by atomic mass is 9.87. The highest BCUT2D eigenvalue weighted by molar-refractivity contribution is 5.97. The van der Waals surface area contributed by atoms with Gasteiger partial charge >= 0.3 is 0 Å². The second kappa shape index (κ2) is 6.06. The molecule has 1 fully saturated rings. The molecule has 1 aliphatic rings. The van der Waals surface area contributed by atoms with E-state index in [9.17, 15) is 10.1 Å². The highest BCUT2D eigenvalue weighted by atomic mass is 16.2. The van der Waals surface area contributed by atoms with Gasteiger partial charge < -0.3 is 10.3 Å². The number of hydrogen-bond acceptors (Lipinski definition) is 3. The highest BCUT2D eigenvalue weighted by Gasteiger charge is 2.41. The van der Waals surface area contributed by atoms with Crippen molar-refractivity contribution in [2.75, 3.05) is 5.32 Å². The van der Waals surface area contributed by atoms with E-state index in [4.69, 9.17) is 0 Å². The van der Waals surface area contributed by atoms with Crippen molar-refractivity contribution in [3.63, 3.8) is 0 Å². The fourth-order valence-corrected chi connectivity index (χ4v) is 3.45. The van der Waals surface area contributed by atoms with E-state index in [1.54, 1.807) is 0 Å². The van der Waals surface area contributed by atoms with Crippen LogP contribution in [0.15, 0.2) is 48.5 Å². The number of fused-ring (bicyclic) bond motifs is 1. The molecule has 0 spiro atoms. The van der Waals surface area contributed by atoms with Crippen molar-refractivity contribution in [3.8, 4) is 17.5 Å². The predicted octanol–water partition coefficient (Wildman–Crippen LogP) is 4.25. The smallest absolute Gasteiger partial charge is 0.244 e. The number of carbonyl (C=O) groups excluding carboxylic acids is 1. The van der Waals surface area contributed by atoms with E-state index < -0.39 is 5.41 Å². The first-order valence-corrected chi connectivity index (χ1v) is 8.48. The van der Waals surface area contributed by atoms with Crippen LogP contribution in [-0.4, -0.2) is 15.9 Å². The normalized spacial score (nSPS) is 15.8. The van der Waals surface area contributed by atoms with E-state index >= 15 is 0 Å². The van der Waals surface area contributed by atoms with E-state index in [2.05, 4.69) is 21.4 Å². The standard InChI is InChI=1S/C20H18N4O/c21-13-20(10-3-4-11-20)19(25)22-15-7-5-6-14(12-15)18-23-16-8-1-2-9-17(16)24-18/h1-2,5-9,12H,3-4,10-11H2,(H,22,25)(H,23,24). The molecule has 4 rings (SSSR count). The fourth-order valence-electron chi connectivity index (χ4n) is 3.45. The summed E-state index contributed by atoms with van der Waals surface area (Å²) < 4.78 is 0. The Labute approximate surface area is 145 Å². The van der Waals surface area contributed by atoms with Crippen LogP contribution in [0.25, 0.3) is 22.4 Å². The third-order valence-corrected chi connectivity index (χ3v) is 4.89. The fraction of sp³-hybridized carbons (Fsp3) is 0.250. The molecular weight excluding hydrogens is 312 g/mol. The first-order valence-electron chi connectivity index (χ1n) is 8.48. The third kappa shape index (κ3) is 2.76. The zero-order valence-corrected chi connectivity index (χ0v) is 13.7. The summed E-state index contributed by atoms with van der Waals surface area (Å²) in [6.07, 6.45) is 3.14. The van der Waals surface area contributed by atoms with Gasteiger partial charge in [0.1, 0.15) is 11.2 Å². The van der Waals surface area contributed by atoms with Gasteiger partial charge in [-0.3, -0.25) is 4.79 Å². The zero-order valence-electron chi connectivity index (χ0n) is 13.7. The average Bonchev–Trinajstić information content (AvgIpc) is 3.29. The number of aromatic amines is 1. The summed E-state index contributed by atoms with van der Waals surface area (Å²) in [6.45, 7) is 0. The van der Waals surface area contributed by atoms with Crippen molar-refractivity contribution in [1.29, 1.82) is 5.26 Å². The van der Waals surface area contributed by atoms with Gasteiger partial charge in [0.2, 0.25) is 5.91 Å². The molecule has 5 heteroatoms. The maximum Gasteiger partial charge on any atom is 0.244 e. The predicted molar refractivity (Wildman–Crippen MR) is 96.7 cm³/mol. The Morgan fingerprint density at radius 3 is 2.72 bits per heavy atom. The Hall–Kier alpha value is -3.13. The van der Waals surface area contributed by atoms with Gasteiger partial charge in [0.25, 0.3) is 0 Å². The second-order valence-electron chi connectivity index (χ2n) is 6.54. The number of anilines is 1.